The summed E-state index contributed by atoms with van der Waals surface area (Å²) in [5.74, 6) is 0.230. The van der Waals surface area contributed by atoms with E-state index in [2.05, 4.69) is 6.92 Å². The lowest BCUT2D eigenvalue weighted by Crippen LogP contribution is -2.41. The van der Waals surface area contributed by atoms with Gasteiger partial charge in [0.2, 0.25) is 5.91 Å². The van der Waals surface area contributed by atoms with Crippen molar-refractivity contribution in [3.05, 3.63) is 47.4 Å². The number of benzene rings is 1. The smallest absolute Gasteiger partial charge is 0.242 e. The van der Waals surface area contributed by atoms with E-state index in [0.717, 1.165) is 42.9 Å². The van der Waals surface area contributed by atoms with E-state index in [9.17, 15) is 14.0 Å². The lowest BCUT2D eigenvalue weighted by molar-refractivity contribution is -0.133. The molecule has 0 radical (unpaired) electrons. The summed E-state index contributed by atoms with van der Waals surface area (Å²) >= 11 is 0. The maximum atomic E-state index is 13.3. The zero-order valence-electron chi connectivity index (χ0n) is 15.6. The third-order valence-electron chi connectivity index (χ3n) is 5.19. The van der Waals surface area contributed by atoms with E-state index < -0.39 is 0 Å². The minimum absolute atomic E-state index is 0.0383. The van der Waals surface area contributed by atoms with E-state index >= 15 is 0 Å². The fourth-order valence-corrected chi connectivity index (χ4v) is 3.72. The Balaban J connectivity index is 1.95. The van der Waals surface area contributed by atoms with E-state index in [4.69, 9.17) is 0 Å². The first kappa shape index (κ1) is 18.4. The number of carbonyl (C=O) groups is 2. The molecule has 1 aromatic heterocycles. The van der Waals surface area contributed by atoms with E-state index in [1.54, 1.807) is 18.2 Å². The summed E-state index contributed by atoms with van der Waals surface area (Å²) in [7, 11) is 0. The number of carbonyl (C=O) groups excluding carboxylic acids is 2. The number of nitrogens with zero attached hydrogens (tertiary/aromatic N) is 2. The second-order valence-corrected chi connectivity index (χ2v) is 7.27. The second kappa shape index (κ2) is 7.44. The summed E-state index contributed by atoms with van der Waals surface area (Å²) in [6.07, 6.45) is 2.18. The Morgan fingerprint density at radius 1 is 1.23 bits per heavy atom. The highest BCUT2D eigenvalue weighted by Crippen LogP contribution is 2.27. The van der Waals surface area contributed by atoms with Gasteiger partial charge in [-0.25, -0.2) is 4.39 Å². The van der Waals surface area contributed by atoms with Crippen LogP contribution in [0.3, 0.4) is 0 Å². The Bertz CT molecular complexity index is 823. The molecule has 1 aromatic carbocycles. The highest BCUT2D eigenvalue weighted by molar-refractivity contribution is 5.97. The van der Waals surface area contributed by atoms with Crippen molar-refractivity contribution in [1.29, 1.82) is 0 Å². The minimum atomic E-state index is -0.311. The molecule has 1 amide bonds. The quantitative estimate of drug-likeness (QED) is 0.775. The first-order chi connectivity index (χ1) is 12.4. The van der Waals surface area contributed by atoms with Gasteiger partial charge in [0, 0.05) is 30.0 Å². The first-order valence-corrected chi connectivity index (χ1v) is 9.11. The van der Waals surface area contributed by atoms with Gasteiger partial charge in [-0.1, -0.05) is 6.92 Å². The number of likely N-dealkylation sites (tertiary alicyclic amines) is 1. The van der Waals surface area contributed by atoms with Gasteiger partial charge in [0.25, 0.3) is 0 Å². The van der Waals surface area contributed by atoms with Gasteiger partial charge in [-0.3, -0.25) is 9.59 Å². The lowest BCUT2D eigenvalue weighted by Gasteiger charge is -2.31. The second-order valence-electron chi connectivity index (χ2n) is 7.27. The maximum absolute atomic E-state index is 13.3. The molecule has 5 heteroatoms. The summed E-state index contributed by atoms with van der Waals surface area (Å²) in [4.78, 5) is 26.7. The van der Waals surface area contributed by atoms with Crippen LogP contribution in [0.5, 0.6) is 0 Å². The number of halogens is 1. The van der Waals surface area contributed by atoms with Crippen molar-refractivity contribution in [2.45, 2.75) is 40.2 Å². The van der Waals surface area contributed by atoms with Gasteiger partial charge in [0.05, 0.1) is 0 Å². The summed E-state index contributed by atoms with van der Waals surface area (Å²) in [5.41, 5.74) is 2.94. The van der Waals surface area contributed by atoms with Gasteiger partial charge in [0.15, 0.2) is 5.78 Å². The van der Waals surface area contributed by atoms with Crippen molar-refractivity contribution in [2.24, 2.45) is 5.92 Å². The first-order valence-electron chi connectivity index (χ1n) is 9.11. The molecule has 1 aliphatic heterocycles. The molecule has 138 valence electrons. The molecule has 26 heavy (non-hydrogen) atoms. The molecule has 1 fully saturated rings. The van der Waals surface area contributed by atoms with Gasteiger partial charge < -0.3 is 9.47 Å². The standard InChI is InChI=1S/C21H25FN2O2/c1-14-5-4-10-23(12-14)21(26)13-24-15(2)19(16(3)25)11-20(24)17-6-8-18(22)9-7-17/h6-9,11,14H,4-5,10,12-13H2,1-3H3. The SMILES string of the molecule is CC(=O)c1cc(-c2ccc(F)cc2)n(CC(=O)N2CCCC(C)C2)c1C. The molecular weight excluding hydrogens is 331 g/mol. The van der Waals surface area contributed by atoms with Crippen molar-refractivity contribution >= 4 is 11.7 Å². The maximum Gasteiger partial charge on any atom is 0.242 e. The molecule has 0 spiro atoms. The van der Waals surface area contributed by atoms with Crippen molar-refractivity contribution in [3.8, 4) is 11.3 Å². The molecule has 2 heterocycles. The van der Waals surface area contributed by atoms with E-state index in [-0.39, 0.29) is 24.1 Å². The van der Waals surface area contributed by atoms with Gasteiger partial charge >= 0.3 is 0 Å². The average Bonchev–Trinajstić information content (AvgIpc) is 2.92. The summed E-state index contributed by atoms with van der Waals surface area (Å²) in [6.45, 7) is 7.31. The van der Waals surface area contributed by atoms with Crippen molar-refractivity contribution in [3.63, 3.8) is 0 Å². The van der Waals surface area contributed by atoms with E-state index in [1.165, 1.54) is 19.1 Å². The zero-order chi connectivity index (χ0) is 18.8. The molecule has 1 atom stereocenters. The molecule has 0 bridgehead atoms. The highest BCUT2D eigenvalue weighted by Gasteiger charge is 2.24. The third kappa shape index (κ3) is 3.71. The monoisotopic (exact) mass is 356 g/mol. The predicted molar refractivity (Wildman–Crippen MR) is 99.5 cm³/mol. The number of hydrogen-bond acceptors (Lipinski definition) is 2. The Kier molecular flexibility index (Phi) is 5.25. The summed E-state index contributed by atoms with van der Waals surface area (Å²) in [6, 6.07) is 7.94. The summed E-state index contributed by atoms with van der Waals surface area (Å²) < 4.78 is 15.2. The number of piperidine rings is 1. The molecule has 0 saturated carbocycles. The van der Waals surface area contributed by atoms with Crippen LogP contribution in [0.2, 0.25) is 0 Å². The van der Waals surface area contributed by atoms with Gasteiger partial charge in [-0.05, 0) is 68.5 Å². The van der Waals surface area contributed by atoms with Crippen LogP contribution in [0, 0.1) is 18.7 Å². The number of hydrogen-bond donors (Lipinski definition) is 0. The molecule has 2 aromatic rings. The zero-order valence-corrected chi connectivity index (χ0v) is 15.6. The highest BCUT2D eigenvalue weighted by atomic mass is 19.1. The molecule has 0 aliphatic carbocycles. The fourth-order valence-electron chi connectivity index (χ4n) is 3.72. The van der Waals surface area contributed by atoms with Crippen molar-refractivity contribution in [2.75, 3.05) is 13.1 Å². The Morgan fingerprint density at radius 2 is 1.92 bits per heavy atom. The fraction of sp³-hybridized carbons (Fsp3) is 0.429. The van der Waals surface area contributed by atoms with Crippen LogP contribution in [0.25, 0.3) is 11.3 Å². The third-order valence-corrected chi connectivity index (χ3v) is 5.19. The molecule has 0 N–H and O–H groups in total. The van der Waals surface area contributed by atoms with Crippen LogP contribution >= 0.6 is 0 Å². The predicted octanol–water partition coefficient (Wildman–Crippen LogP) is 4.06. The normalized spacial score (nSPS) is 17.4. The minimum Gasteiger partial charge on any atom is -0.341 e. The molecule has 3 rings (SSSR count). The van der Waals surface area contributed by atoms with Crippen LogP contribution in [0.1, 0.15) is 42.7 Å². The number of ketones is 1. The number of amides is 1. The molecule has 1 saturated heterocycles. The number of Topliss-reactive ketones (excluding diaryl/α,β-unsaturated/α-hetero) is 1. The average molecular weight is 356 g/mol. The van der Waals surface area contributed by atoms with E-state index in [1.807, 2.05) is 16.4 Å². The Hall–Kier alpha value is -2.43. The van der Waals surface area contributed by atoms with Crippen molar-refractivity contribution in [1.82, 2.24) is 9.47 Å². The van der Waals surface area contributed by atoms with Gasteiger partial charge in [-0.15, -0.1) is 0 Å². The molecule has 4 nitrogen and oxygen atoms in total. The molecule has 1 unspecified atom stereocenters. The summed E-state index contributed by atoms with van der Waals surface area (Å²) in [5, 5.41) is 0. The van der Waals surface area contributed by atoms with Crippen LogP contribution < -0.4 is 0 Å². The largest absolute Gasteiger partial charge is 0.341 e. The van der Waals surface area contributed by atoms with Crippen LogP contribution in [-0.2, 0) is 11.3 Å². The van der Waals surface area contributed by atoms with Crippen LogP contribution in [0.4, 0.5) is 4.39 Å². The van der Waals surface area contributed by atoms with Crippen LogP contribution in [-0.4, -0.2) is 34.2 Å². The molecular formula is C21H25FN2O2. The number of aromatic nitrogens is 1. The topological polar surface area (TPSA) is 42.3 Å². The Labute approximate surface area is 153 Å². The lowest BCUT2D eigenvalue weighted by atomic mass is 10.0. The van der Waals surface area contributed by atoms with Crippen LogP contribution in [0.15, 0.2) is 30.3 Å². The van der Waals surface area contributed by atoms with Gasteiger partial charge in [0.1, 0.15) is 12.4 Å². The molecule has 1 aliphatic rings. The van der Waals surface area contributed by atoms with Gasteiger partial charge in [-0.2, -0.15) is 0 Å². The Morgan fingerprint density at radius 3 is 2.54 bits per heavy atom. The van der Waals surface area contributed by atoms with E-state index in [0.29, 0.717) is 11.5 Å². The van der Waals surface area contributed by atoms with Crippen molar-refractivity contribution < 1.29 is 14.0 Å². The number of rotatable bonds is 4.